The molecule has 0 heterocycles. The van der Waals surface area contributed by atoms with Gasteiger partial charge >= 0.3 is 5.97 Å². The summed E-state index contributed by atoms with van der Waals surface area (Å²) in [6.07, 6.45) is 1.72. The average Bonchev–Trinajstić information content (AvgIpc) is 2.49. The maximum absolute atomic E-state index is 12.1. The lowest BCUT2D eigenvalue weighted by Crippen LogP contribution is -2.36. The Morgan fingerprint density at radius 1 is 1.38 bits per heavy atom. The van der Waals surface area contributed by atoms with Gasteiger partial charge in [-0.05, 0) is 12.1 Å². The lowest BCUT2D eigenvalue weighted by Gasteiger charge is -2.20. The van der Waals surface area contributed by atoms with E-state index >= 15 is 0 Å². The number of hydrogen-bond donors (Lipinski definition) is 0. The fraction of sp³-hybridized carbons (Fsp3) is 0.333. The lowest BCUT2D eigenvalue weighted by atomic mass is 10.3. The van der Waals surface area contributed by atoms with Crippen molar-refractivity contribution >= 4 is 23.5 Å². The number of benzene rings is 1. The highest BCUT2D eigenvalue weighted by Gasteiger charge is 2.15. The summed E-state index contributed by atoms with van der Waals surface area (Å²) < 4.78 is 9.94. The molecule has 0 aliphatic heterocycles. The minimum atomic E-state index is -0.371. The van der Waals surface area contributed by atoms with E-state index in [1.165, 1.54) is 12.0 Å². The zero-order chi connectivity index (χ0) is 15.7. The number of esters is 1. The summed E-state index contributed by atoms with van der Waals surface area (Å²) in [6, 6.07) is 6.91. The van der Waals surface area contributed by atoms with E-state index in [1.54, 1.807) is 30.3 Å². The van der Waals surface area contributed by atoms with Crippen molar-refractivity contribution in [3.8, 4) is 5.75 Å². The predicted octanol–water partition coefficient (Wildman–Crippen LogP) is 2.30. The number of halogens is 1. The number of ether oxygens (including phenoxy) is 2. The Labute approximate surface area is 129 Å². The largest absolute Gasteiger partial charge is 0.482 e. The quantitative estimate of drug-likeness (QED) is 0.546. The Morgan fingerprint density at radius 2 is 2.10 bits per heavy atom. The van der Waals surface area contributed by atoms with Crippen molar-refractivity contribution in [2.75, 3.05) is 26.8 Å². The number of amides is 1. The van der Waals surface area contributed by atoms with E-state index in [0.717, 1.165) is 0 Å². The molecule has 1 rings (SSSR count). The summed E-state index contributed by atoms with van der Waals surface area (Å²) in [7, 11) is 1.31. The second-order valence-corrected chi connectivity index (χ2v) is 4.58. The monoisotopic (exact) mass is 311 g/mol. The highest BCUT2D eigenvalue weighted by molar-refractivity contribution is 6.32. The molecule has 114 valence electrons. The molecule has 0 atom stereocenters. The van der Waals surface area contributed by atoms with Crippen molar-refractivity contribution in [1.29, 1.82) is 0 Å². The minimum absolute atomic E-state index is 0.127. The molecule has 0 saturated carbocycles. The lowest BCUT2D eigenvalue weighted by molar-refractivity contribution is -0.141. The van der Waals surface area contributed by atoms with E-state index in [2.05, 4.69) is 11.3 Å². The van der Waals surface area contributed by atoms with Crippen LogP contribution in [0.5, 0.6) is 5.75 Å². The number of para-hydroxylation sites is 1. The van der Waals surface area contributed by atoms with E-state index < -0.39 is 0 Å². The molecule has 0 aromatic heterocycles. The molecule has 0 unspecified atom stereocenters. The van der Waals surface area contributed by atoms with E-state index in [0.29, 0.717) is 17.3 Å². The van der Waals surface area contributed by atoms with Crippen molar-refractivity contribution < 1.29 is 19.1 Å². The minimum Gasteiger partial charge on any atom is -0.482 e. The third-order valence-corrected chi connectivity index (χ3v) is 3.02. The van der Waals surface area contributed by atoms with Crippen LogP contribution in [0.4, 0.5) is 0 Å². The highest BCUT2D eigenvalue weighted by Crippen LogP contribution is 2.22. The second-order valence-electron chi connectivity index (χ2n) is 4.17. The van der Waals surface area contributed by atoms with E-state index in [1.807, 2.05) is 0 Å². The Bertz CT molecular complexity index is 504. The predicted molar refractivity (Wildman–Crippen MR) is 80.4 cm³/mol. The number of hydrogen-bond acceptors (Lipinski definition) is 4. The summed E-state index contributed by atoms with van der Waals surface area (Å²) in [6.45, 7) is 4.02. The topological polar surface area (TPSA) is 55.8 Å². The van der Waals surface area contributed by atoms with Gasteiger partial charge in [0, 0.05) is 13.1 Å². The Balaban J connectivity index is 2.54. The van der Waals surface area contributed by atoms with Crippen LogP contribution in [0.2, 0.25) is 5.02 Å². The van der Waals surface area contributed by atoms with Crippen molar-refractivity contribution in [2.24, 2.45) is 0 Å². The van der Waals surface area contributed by atoms with Crippen LogP contribution in [0.3, 0.4) is 0 Å². The molecule has 0 aliphatic carbocycles. The molecule has 1 amide bonds. The van der Waals surface area contributed by atoms with Crippen molar-refractivity contribution in [3.05, 3.63) is 41.9 Å². The molecule has 0 spiro atoms. The van der Waals surface area contributed by atoms with Gasteiger partial charge in [-0.1, -0.05) is 29.8 Å². The molecule has 6 heteroatoms. The Kier molecular flexibility index (Phi) is 7.32. The van der Waals surface area contributed by atoms with Crippen LogP contribution in [-0.4, -0.2) is 43.6 Å². The van der Waals surface area contributed by atoms with Gasteiger partial charge in [0.25, 0.3) is 5.91 Å². The molecule has 1 aromatic carbocycles. The molecule has 0 bridgehead atoms. The zero-order valence-corrected chi connectivity index (χ0v) is 12.6. The molecule has 21 heavy (non-hydrogen) atoms. The van der Waals surface area contributed by atoms with Crippen molar-refractivity contribution in [1.82, 2.24) is 4.90 Å². The van der Waals surface area contributed by atoms with E-state index in [-0.39, 0.29) is 31.4 Å². The molecule has 0 aliphatic rings. The van der Waals surface area contributed by atoms with Gasteiger partial charge in [-0.2, -0.15) is 0 Å². The van der Waals surface area contributed by atoms with E-state index in [4.69, 9.17) is 16.3 Å². The standard InChI is InChI=1S/C15H18ClNO4/c1-3-9-17(10-8-15(19)20-2)14(18)11-21-13-7-5-4-6-12(13)16/h3-7H,1,8-11H2,2H3. The zero-order valence-electron chi connectivity index (χ0n) is 11.9. The van der Waals surface area contributed by atoms with Crippen LogP contribution in [0.15, 0.2) is 36.9 Å². The second kappa shape index (κ2) is 9.02. The molecule has 0 N–H and O–H groups in total. The first-order chi connectivity index (χ1) is 10.1. The Hall–Kier alpha value is -2.01. The summed E-state index contributed by atoms with van der Waals surface area (Å²) >= 11 is 5.94. The summed E-state index contributed by atoms with van der Waals surface area (Å²) in [5.41, 5.74) is 0. The summed E-state index contributed by atoms with van der Waals surface area (Å²) in [5.74, 6) is -0.179. The fourth-order valence-electron chi connectivity index (χ4n) is 1.59. The van der Waals surface area contributed by atoms with Gasteiger partial charge in [0.2, 0.25) is 0 Å². The molecule has 1 aromatic rings. The molecule has 5 nitrogen and oxygen atoms in total. The number of carbonyl (C=O) groups is 2. The van der Waals surface area contributed by atoms with Gasteiger partial charge in [0.1, 0.15) is 5.75 Å². The number of carbonyl (C=O) groups excluding carboxylic acids is 2. The van der Waals surface area contributed by atoms with Gasteiger partial charge in [-0.15, -0.1) is 6.58 Å². The van der Waals surface area contributed by atoms with Crippen LogP contribution in [0.1, 0.15) is 6.42 Å². The SMILES string of the molecule is C=CCN(CCC(=O)OC)C(=O)COc1ccccc1Cl. The van der Waals surface area contributed by atoms with Gasteiger partial charge < -0.3 is 14.4 Å². The summed E-state index contributed by atoms with van der Waals surface area (Å²) in [5, 5.41) is 0.440. The molecular weight excluding hydrogens is 294 g/mol. The van der Waals surface area contributed by atoms with E-state index in [9.17, 15) is 9.59 Å². The van der Waals surface area contributed by atoms with Crippen LogP contribution >= 0.6 is 11.6 Å². The maximum Gasteiger partial charge on any atom is 0.307 e. The third-order valence-electron chi connectivity index (χ3n) is 2.70. The number of rotatable bonds is 8. The first-order valence-electron chi connectivity index (χ1n) is 6.41. The highest BCUT2D eigenvalue weighted by atomic mass is 35.5. The normalized spacial score (nSPS) is 9.81. The van der Waals surface area contributed by atoms with Crippen LogP contribution < -0.4 is 4.74 Å². The maximum atomic E-state index is 12.1. The molecular formula is C15H18ClNO4. The Morgan fingerprint density at radius 3 is 2.71 bits per heavy atom. The number of nitrogens with zero attached hydrogens (tertiary/aromatic N) is 1. The summed E-state index contributed by atoms with van der Waals surface area (Å²) in [4.78, 5) is 24.7. The van der Waals surface area contributed by atoms with Crippen molar-refractivity contribution in [2.45, 2.75) is 6.42 Å². The van der Waals surface area contributed by atoms with Gasteiger partial charge in [0.15, 0.2) is 6.61 Å². The first kappa shape index (κ1) is 17.0. The molecule has 0 radical (unpaired) electrons. The fourth-order valence-corrected chi connectivity index (χ4v) is 1.78. The van der Waals surface area contributed by atoms with Gasteiger partial charge in [0.05, 0.1) is 18.6 Å². The average molecular weight is 312 g/mol. The molecule has 0 saturated heterocycles. The van der Waals surface area contributed by atoms with Crippen molar-refractivity contribution in [3.63, 3.8) is 0 Å². The van der Waals surface area contributed by atoms with Gasteiger partial charge in [-0.25, -0.2) is 0 Å². The van der Waals surface area contributed by atoms with Crippen LogP contribution in [0, 0.1) is 0 Å². The first-order valence-corrected chi connectivity index (χ1v) is 6.79. The molecule has 0 fully saturated rings. The number of methoxy groups -OCH3 is 1. The smallest absolute Gasteiger partial charge is 0.307 e. The van der Waals surface area contributed by atoms with Crippen LogP contribution in [0.25, 0.3) is 0 Å². The third kappa shape index (κ3) is 5.87. The van der Waals surface area contributed by atoms with Gasteiger partial charge in [-0.3, -0.25) is 9.59 Å². The van der Waals surface area contributed by atoms with Crippen LogP contribution in [-0.2, 0) is 14.3 Å².